The molecule has 1 aliphatic rings. The molecule has 2 nitrogen and oxygen atoms in total. The van der Waals surface area contributed by atoms with Crippen molar-refractivity contribution in [3.8, 4) is 0 Å². The van der Waals surface area contributed by atoms with Gasteiger partial charge in [0.1, 0.15) is 0 Å². The molecule has 0 aromatic rings. The van der Waals surface area contributed by atoms with Crippen molar-refractivity contribution in [2.24, 2.45) is 0 Å². The molecule has 0 heterocycles. The summed E-state index contributed by atoms with van der Waals surface area (Å²) in [5.74, 6) is 0. The standard InChI is InChI=1S/C13H24O2/c1-2-3-4-5-6-9-12(14)13(15)10-7-8-11-13/h2,12,14-15H,1,3-11H2. The first-order valence-corrected chi connectivity index (χ1v) is 6.20. The Balaban J connectivity index is 2.12. The summed E-state index contributed by atoms with van der Waals surface area (Å²) in [7, 11) is 0. The second kappa shape index (κ2) is 6.29. The van der Waals surface area contributed by atoms with Gasteiger partial charge in [0.05, 0.1) is 11.7 Å². The number of allylic oxidation sites excluding steroid dienone is 1. The van der Waals surface area contributed by atoms with Crippen molar-refractivity contribution in [2.45, 2.75) is 69.5 Å². The highest BCUT2D eigenvalue weighted by molar-refractivity contribution is 4.90. The number of rotatable bonds is 7. The van der Waals surface area contributed by atoms with E-state index in [0.717, 1.165) is 57.8 Å². The Morgan fingerprint density at radius 2 is 1.87 bits per heavy atom. The van der Waals surface area contributed by atoms with Gasteiger partial charge in [-0.2, -0.15) is 0 Å². The van der Waals surface area contributed by atoms with E-state index in [1.165, 1.54) is 0 Å². The second-order valence-corrected chi connectivity index (χ2v) is 4.75. The van der Waals surface area contributed by atoms with Gasteiger partial charge in [-0.3, -0.25) is 0 Å². The summed E-state index contributed by atoms with van der Waals surface area (Å²) in [6, 6.07) is 0. The Morgan fingerprint density at radius 1 is 1.20 bits per heavy atom. The minimum absolute atomic E-state index is 0.510. The summed E-state index contributed by atoms with van der Waals surface area (Å²) in [5, 5.41) is 20.0. The first kappa shape index (κ1) is 12.7. The molecule has 1 rings (SSSR count). The van der Waals surface area contributed by atoms with Crippen molar-refractivity contribution in [2.75, 3.05) is 0 Å². The lowest BCUT2D eigenvalue weighted by molar-refractivity contribution is -0.0736. The summed E-state index contributed by atoms with van der Waals surface area (Å²) in [4.78, 5) is 0. The van der Waals surface area contributed by atoms with E-state index < -0.39 is 11.7 Å². The van der Waals surface area contributed by atoms with E-state index in [2.05, 4.69) is 6.58 Å². The minimum atomic E-state index is -0.765. The van der Waals surface area contributed by atoms with Crippen molar-refractivity contribution >= 4 is 0 Å². The van der Waals surface area contributed by atoms with Crippen LogP contribution in [-0.4, -0.2) is 21.9 Å². The Kier molecular flexibility index (Phi) is 5.34. The molecule has 15 heavy (non-hydrogen) atoms. The topological polar surface area (TPSA) is 40.5 Å². The Labute approximate surface area is 93.0 Å². The van der Waals surface area contributed by atoms with Crippen LogP contribution in [0.5, 0.6) is 0 Å². The van der Waals surface area contributed by atoms with E-state index in [0.29, 0.717) is 0 Å². The van der Waals surface area contributed by atoms with Gasteiger partial charge in [-0.05, 0) is 32.1 Å². The van der Waals surface area contributed by atoms with Crippen molar-refractivity contribution in [1.29, 1.82) is 0 Å². The van der Waals surface area contributed by atoms with Gasteiger partial charge in [0.15, 0.2) is 0 Å². The average Bonchev–Trinajstić information content (AvgIpc) is 2.66. The fraction of sp³-hybridized carbons (Fsp3) is 0.846. The van der Waals surface area contributed by atoms with Crippen LogP contribution in [0.3, 0.4) is 0 Å². The molecule has 2 heteroatoms. The van der Waals surface area contributed by atoms with Crippen molar-refractivity contribution < 1.29 is 10.2 Å². The summed E-state index contributed by atoms with van der Waals surface area (Å²) in [6.45, 7) is 3.68. The van der Waals surface area contributed by atoms with Gasteiger partial charge < -0.3 is 10.2 Å². The molecule has 0 aliphatic heterocycles. The van der Waals surface area contributed by atoms with Crippen LogP contribution in [0.15, 0.2) is 12.7 Å². The van der Waals surface area contributed by atoms with Crippen LogP contribution in [-0.2, 0) is 0 Å². The predicted molar refractivity (Wildman–Crippen MR) is 62.7 cm³/mol. The highest BCUT2D eigenvalue weighted by Crippen LogP contribution is 2.34. The number of hydrogen-bond acceptors (Lipinski definition) is 2. The third-order valence-corrected chi connectivity index (χ3v) is 3.48. The lowest BCUT2D eigenvalue weighted by Gasteiger charge is -2.28. The van der Waals surface area contributed by atoms with Crippen LogP contribution in [0.4, 0.5) is 0 Å². The molecule has 0 aromatic carbocycles. The Bertz CT molecular complexity index is 183. The van der Waals surface area contributed by atoms with Gasteiger partial charge in [-0.15, -0.1) is 6.58 Å². The van der Waals surface area contributed by atoms with Gasteiger partial charge >= 0.3 is 0 Å². The van der Waals surface area contributed by atoms with Gasteiger partial charge in [0.25, 0.3) is 0 Å². The summed E-state index contributed by atoms with van der Waals surface area (Å²) >= 11 is 0. The van der Waals surface area contributed by atoms with Crippen LogP contribution in [0.25, 0.3) is 0 Å². The molecule has 1 unspecified atom stereocenters. The molecular weight excluding hydrogens is 188 g/mol. The summed E-state index contributed by atoms with van der Waals surface area (Å²) in [5.41, 5.74) is -0.765. The molecule has 0 bridgehead atoms. The van der Waals surface area contributed by atoms with E-state index in [-0.39, 0.29) is 0 Å². The molecule has 0 radical (unpaired) electrons. The first-order chi connectivity index (χ1) is 7.19. The third kappa shape index (κ3) is 3.96. The van der Waals surface area contributed by atoms with Crippen molar-refractivity contribution in [3.63, 3.8) is 0 Å². The Hall–Kier alpha value is -0.340. The predicted octanol–water partition coefficient (Wildman–Crippen LogP) is 2.79. The fourth-order valence-corrected chi connectivity index (χ4v) is 2.39. The zero-order valence-electron chi connectivity index (χ0n) is 9.62. The lowest BCUT2D eigenvalue weighted by atomic mass is 9.91. The molecule has 2 N–H and O–H groups in total. The van der Waals surface area contributed by atoms with E-state index >= 15 is 0 Å². The third-order valence-electron chi connectivity index (χ3n) is 3.48. The zero-order valence-corrected chi connectivity index (χ0v) is 9.62. The van der Waals surface area contributed by atoms with Crippen LogP contribution in [0, 0.1) is 0 Å². The SMILES string of the molecule is C=CCCCCCC(O)C1(O)CCCC1. The molecule has 0 aromatic heterocycles. The van der Waals surface area contributed by atoms with E-state index in [4.69, 9.17) is 0 Å². The maximum Gasteiger partial charge on any atom is 0.0905 e. The molecule has 1 fully saturated rings. The highest BCUT2D eigenvalue weighted by atomic mass is 16.3. The smallest absolute Gasteiger partial charge is 0.0905 e. The lowest BCUT2D eigenvalue weighted by Crippen LogP contribution is -2.39. The van der Waals surface area contributed by atoms with Gasteiger partial charge in [0, 0.05) is 0 Å². The van der Waals surface area contributed by atoms with Crippen molar-refractivity contribution in [1.82, 2.24) is 0 Å². The maximum absolute atomic E-state index is 10.1. The summed E-state index contributed by atoms with van der Waals surface area (Å²) in [6.07, 6.45) is 10.2. The molecule has 1 atom stereocenters. The Morgan fingerprint density at radius 3 is 2.47 bits per heavy atom. The first-order valence-electron chi connectivity index (χ1n) is 6.20. The van der Waals surface area contributed by atoms with Gasteiger partial charge in [-0.25, -0.2) is 0 Å². The monoisotopic (exact) mass is 212 g/mol. The van der Waals surface area contributed by atoms with Crippen LogP contribution in [0.2, 0.25) is 0 Å². The molecule has 0 spiro atoms. The molecule has 88 valence electrons. The van der Waals surface area contributed by atoms with E-state index in [1.807, 2.05) is 6.08 Å². The largest absolute Gasteiger partial charge is 0.390 e. The zero-order chi connectivity index (χ0) is 11.1. The number of hydrogen-bond donors (Lipinski definition) is 2. The highest BCUT2D eigenvalue weighted by Gasteiger charge is 2.37. The number of unbranched alkanes of at least 4 members (excludes halogenated alkanes) is 3. The summed E-state index contributed by atoms with van der Waals surface area (Å²) < 4.78 is 0. The molecular formula is C13H24O2. The van der Waals surface area contributed by atoms with E-state index in [9.17, 15) is 10.2 Å². The minimum Gasteiger partial charge on any atom is -0.390 e. The number of aliphatic hydroxyl groups is 2. The van der Waals surface area contributed by atoms with Crippen LogP contribution in [0.1, 0.15) is 57.8 Å². The maximum atomic E-state index is 10.1. The molecule has 1 saturated carbocycles. The second-order valence-electron chi connectivity index (χ2n) is 4.75. The van der Waals surface area contributed by atoms with Crippen LogP contribution >= 0.6 is 0 Å². The van der Waals surface area contributed by atoms with Crippen molar-refractivity contribution in [3.05, 3.63) is 12.7 Å². The van der Waals surface area contributed by atoms with Gasteiger partial charge in [0.2, 0.25) is 0 Å². The molecule has 0 saturated heterocycles. The van der Waals surface area contributed by atoms with E-state index in [1.54, 1.807) is 0 Å². The quantitative estimate of drug-likeness (QED) is 0.503. The normalized spacial score (nSPS) is 21.5. The van der Waals surface area contributed by atoms with Gasteiger partial charge in [-0.1, -0.05) is 31.8 Å². The molecule has 1 aliphatic carbocycles. The average molecular weight is 212 g/mol. The fourth-order valence-electron chi connectivity index (χ4n) is 2.39. The van der Waals surface area contributed by atoms with Crippen LogP contribution < -0.4 is 0 Å². The number of aliphatic hydroxyl groups excluding tert-OH is 1. The molecule has 0 amide bonds.